The first-order valence-corrected chi connectivity index (χ1v) is 8.94. The smallest absolute Gasteiger partial charge is 0.271 e. The van der Waals surface area contributed by atoms with Crippen LogP contribution in [0.1, 0.15) is 34.9 Å². The molecule has 1 aromatic carbocycles. The second kappa shape index (κ2) is 6.73. The third-order valence-electron chi connectivity index (χ3n) is 4.08. The number of thiazole rings is 1. The molecule has 0 spiro atoms. The molecule has 0 radical (unpaired) electrons. The van der Waals surface area contributed by atoms with E-state index in [1.165, 1.54) is 11.3 Å². The Hall–Kier alpha value is -2.21. The van der Waals surface area contributed by atoms with Crippen LogP contribution in [0.3, 0.4) is 0 Å². The summed E-state index contributed by atoms with van der Waals surface area (Å²) in [6.45, 7) is 4.24. The van der Waals surface area contributed by atoms with Gasteiger partial charge in [-0.05, 0) is 17.5 Å². The molecule has 0 fully saturated rings. The zero-order valence-corrected chi connectivity index (χ0v) is 14.9. The van der Waals surface area contributed by atoms with Crippen molar-refractivity contribution in [2.45, 2.75) is 32.7 Å². The van der Waals surface area contributed by atoms with Gasteiger partial charge in [-0.2, -0.15) is 0 Å². The minimum Gasteiger partial charge on any atom is -0.339 e. The van der Waals surface area contributed by atoms with Crippen molar-refractivity contribution in [2.24, 2.45) is 5.92 Å². The molecule has 2 amide bonds. The van der Waals surface area contributed by atoms with Gasteiger partial charge in [-0.25, -0.2) is 4.98 Å². The summed E-state index contributed by atoms with van der Waals surface area (Å²) in [4.78, 5) is 30.9. The summed E-state index contributed by atoms with van der Waals surface area (Å²) >= 11 is 1.49. The molecular formula is C18H21N3O2S. The van der Waals surface area contributed by atoms with E-state index in [0.29, 0.717) is 18.0 Å². The van der Waals surface area contributed by atoms with Crippen LogP contribution in [-0.4, -0.2) is 29.9 Å². The number of carbonyl (C=O) groups is 2. The second-order valence-electron chi connectivity index (χ2n) is 6.48. The van der Waals surface area contributed by atoms with Crippen molar-refractivity contribution in [3.63, 3.8) is 0 Å². The third kappa shape index (κ3) is 3.33. The molecule has 1 unspecified atom stereocenters. The topological polar surface area (TPSA) is 62.3 Å². The SMILES string of the molecule is CC(C)Cc1nc(C(=O)NC2Cc3ccccc3N(C)C2=O)cs1. The Kier molecular flexibility index (Phi) is 4.66. The number of rotatable bonds is 4. The maximum absolute atomic E-state index is 12.5. The zero-order valence-electron chi connectivity index (χ0n) is 14.1. The van der Waals surface area contributed by atoms with Crippen molar-refractivity contribution in [1.29, 1.82) is 0 Å². The molecule has 0 aliphatic carbocycles. The number of anilines is 1. The monoisotopic (exact) mass is 343 g/mol. The maximum Gasteiger partial charge on any atom is 0.271 e. The van der Waals surface area contributed by atoms with E-state index >= 15 is 0 Å². The number of aromatic nitrogens is 1. The highest BCUT2D eigenvalue weighted by Gasteiger charge is 2.32. The standard InChI is InChI=1S/C18H21N3O2S/c1-11(2)8-16-19-14(10-24-16)17(22)20-13-9-12-6-4-5-7-15(12)21(3)18(13)23/h4-7,10-11,13H,8-9H2,1-3H3,(H,20,22). The van der Waals surface area contributed by atoms with Gasteiger partial charge in [-0.1, -0.05) is 32.0 Å². The summed E-state index contributed by atoms with van der Waals surface area (Å²) in [5.74, 6) is 0.115. The minimum absolute atomic E-state index is 0.0975. The fraction of sp³-hybridized carbons (Fsp3) is 0.389. The van der Waals surface area contributed by atoms with Crippen LogP contribution < -0.4 is 10.2 Å². The molecule has 1 aliphatic heterocycles. The van der Waals surface area contributed by atoms with Gasteiger partial charge in [0.1, 0.15) is 11.7 Å². The predicted molar refractivity (Wildman–Crippen MR) is 95.5 cm³/mol. The first-order chi connectivity index (χ1) is 11.5. The Bertz CT molecular complexity index is 769. The van der Waals surface area contributed by atoms with Crippen molar-refractivity contribution in [2.75, 3.05) is 11.9 Å². The van der Waals surface area contributed by atoms with E-state index < -0.39 is 6.04 Å². The summed E-state index contributed by atoms with van der Waals surface area (Å²) in [7, 11) is 1.74. The van der Waals surface area contributed by atoms with Crippen LogP contribution in [0.25, 0.3) is 0 Å². The molecule has 2 heterocycles. The maximum atomic E-state index is 12.5. The van der Waals surface area contributed by atoms with Crippen LogP contribution >= 0.6 is 11.3 Å². The Labute approximate surface area is 145 Å². The molecule has 1 aromatic heterocycles. The summed E-state index contributed by atoms with van der Waals surface area (Å²) in [6.07, 6.45) is 1.37. The summed E-state index contributed by atoms with van der Waals surface area (Å²) in [5, 5.41) is 5.55. The van der Waals surface area contributed by atoms with Gasteiger partial charge in [0, 0.05) is 31.0 Å². The largest absolute Gasteiger partial charge is 0.339 e. The number of para-hydroxylation sites is 1. The highest BCUT2D eigenvalue weighted by molar-refractivity contribution is 7.09. The van der Waals surface area contributed by atoms with Crippen LogP contribution in [0.5, 0.6) is 0 Å². The zero-order chi connectivity index (χ0) is 17.3. The van der Waals surface area contributed by atoms with Gasteiger partial charge < -0.3 is 10.2 Å². The van der Waals surface area contributed by atoms with E-state index in [4.69, 9.17) is 0 Å². The molecule has 1 aliphatic rings. The number of nitrogens with zero attached hydrogens (tertiary/aromatic N) is 2. The van der Waals surface area contributed by atoms with Crippen molar-refractivity contribution in [3.8, 4) is 0 Å². The average molecular weight is 343 g/mol. The van der Waals surface area contributed by atoms with E-state index in [1.807, 2.05) is 24.3 Å². The lowest BCUT2D eigenvalue weighted by molar-refractivity contribution is -0.120. The Morgan fingerprint density at radius 1 is 1.42 bits per heavy atom. The number of carbonyl (C=O) groups excluding carboxylic acids is 2. The van der Waals surface area contributed by atoms with Gasteiger partial charge in [-0.15, -0.1) is 11.3 Å². The fourth-order valence-electron chi connectivity index (χ4n) is 2.87. The van der Waals surface area contributed by atoms with E-state index in [1.54, 1.807) is 17.3 Å². The highest BCUT2D eigenvalue weighted by atomic mass is 32.1. The quantitative estimate of drug-likeness (QED) is 0.928. The molecule has 24 heavy (non-hydrogen) atoms. The van der Waals surface area contributed by atoms with Crippen molar-refractivity contribution >= 4 is 28.8 Å². The molecule has 0 saturated heterocycles. The molecule has 3 rings (SSSR count). The first kappa shape index (κ1) is 16.6. The van der Waals surface area contributed by atoms with Crippen molar-refractivity contribution in [3.05, 3.63) is 45.9 Å². The van der Waals surface area contributed by atoms with Crippen LogP contribution in [0.15, 0.2) is 29.6 Å². The van der Waals surface area contributed by atoms with Crippen LogP contribution in [-0.2, 0) is 17.6 Å². The van der Waals surface area contributed by atoms with E-state index in [-0.39, 0.29) is 11.8 Å². The molecule has 1 N–H and O–H groups in total. The molecule has 126 valence electrons. The Morgan fingerprint density at radius 3 is 2.92 bits per heavy atom. The van der Waals surface area contributed by atoms with Gasteiger partial charge in [0.15, 0.2) is 0 Å². The molecular weight excluding hydrogens is 322 g/mol. The van der Waals surface area contributed by atoms with E-state index in [2.05, 4.69) is 24.1 Å². The van der Waals surface area contributed by atoms with Crippen LogP contribution in [0.2, 0.25) is 0 Å². The normalized spacial score (nSPS) is 17.1. The van der Waals surface area contributed by atoms with E-state index in [9.17, 15) is 9.59 Å². The second-order valence-corrected chi connectivity index (χ2v) is 7.42. The number of fused-ring (bicyclic) bond motifs is 1. The van der Waals surface area contributed by atoms with Crippen LogP contribution in [0, 0.1) is 5.92 Å². The van der Waals surface area contributed by atoms with Crippen LogP contribution in [0.4, 0.5) is 5.69 Å². The van der Waals surface area contributed by atoms with E-state index in [0.717, 1.165) is 22.7 Å². The molecule has 5 nitrogen and oxygen atoms in total. The third-order valence-corrected chi connectivity index (χ3v) is 4.95. The summed E-state index contributed by atoms with van der Waals surface area (Å²) < 4.78 is 0. The lowest BCUT2D eigenvalue weighted by atomic mass is 9.97. The number of amides is 2. The van der Waals surface area contributed by atoms with Gasteiger partial charge in [0.05, 0.1) is 5.01 Å². The van der Waals surface area contributed by atoms with Crippen molar-refractivity contribution in [1.82, 2.24) is 10.3 Å². The minimum atomic E-state index is -0.548. The van der Waals surface area contributed by atoms with Gasteiger partial charge >= 0.3 is 0 Å². The van der Waals surface area contributed by atoms with Crippen molar-refractivity contribution < 1.29 is 9.59 Å². The predicted octanol–water partition coefficient (Wildman–Crippen LogP) is 2.66. The highest BCUT2D eigenvalue weighted by Crippen LogP contribution is 2.26. The van der Waals surface area contributed by atoms with Gasteiger partial charge in [0.2, 0.25) is 5.91 Å². The number of hydrogen-bond acceptors (Lipinski definition) is 4. The Balaban J connectivity index is 1.73. The summed E-state index contributed by atoms with van der Waals surface area (Å²) in [5.41, 5.74) is 2.36. The molecule has 0 bridgehead atoms. The fourth-order valence-corrected chi connectivity index (χ4v) is 3.86. The number of nitrogens with one attached hydrogen (secondary N) is 1. The number of hydrogen-bond donors (Lipinski definition) is 1. The van der Waals surface area contributed by atoms with Gasteiger partial charge in [-0.3, -0.25) is 9.59 Å². The lowest BCUT2D eigenvalue weighted by Gasteiger charge is -2.31. The molecule has 1 atom stereocenters. The van der Waals surface area contributed by atoms with Gasteiger partial charge in [0.25, 0.3) is 5.91 Å². The average Bonchev–Trinajstić information content (AvgIpc) is 3.00. The molecule has 2 aromatic rings. The number of benzene rings is 1. The summed E-state index contributed by atoms with van der Waals surface area (Å²) in [6, 6.07) is 7.21. The Morgan fingerprint density at radius 2 is 2.17 bits per heavy atom. The number of likely N-dealkylation sites (N-methyl/N-ethyl adjacent to an activating group) is 1. The first-order valence-electron chi connectivity index (χ1n) is 8.06. The molecule has 6 heteroatoms. The lowest BCUT2D eigenvalue weighted by Crippen LogP contribution is -2.51. The molecule has 0 saturated carbocycles.